The van der Waals surface area contributed by atoms with Gasteiger partial charge in [0.15, 0.2) is 0 Å². The van der Waals surface area contributed by atoms with Gasteiger partial charge >= 0.3 is 6.36 Å². The maximum atomic E-state index is 13.5. The number of rotatable bonds is 7. The third-order valence-electron chi connectivity index (χ3n) is 8.33. The lowest BCUT2D eigenvalue weighted by Crippen LogP contribution is -2.46. The molecule has 0 bridgehead atoms. The van der Waals surface area contributed by atoms with Crippen LogP contribution in [-0.4, -0.2) is 57.0 Å². The first-order valence-corrected chi connectivity index (χ1v) is 15.5. The molecule has 1 aliphatic heterocycles. The molecule has 2 aromatic carbocycles. The second kappa shape index (κ2) is 11.6. The number of hydrogen-bond donors (Lipinski definition) is 3. The summed E-state index contributed by atoms with van der Waals surface area (Å²) in [6, 6.07) is 14.9. The van der Waals surface area contributed by atoms with E-state index in [1.165, 1.54) is 18.2 Å². The highest BCUT2D eigenvalue weighted by Gasteiger charge is 2.47. The zero-order valence-electron chi connectivity index (χ0n) is 23.6. The Kier molecular flexibility index (Phi) is 8.02. The van der Waals surface area contributed by atoms with Gasteiger partial charge in [-0.15, -0.1) is 13.2 Å². The molecule has 232 valence electrons. The van der Waals surface area contributed by atoms with Crippen molar-refractivity contribution in [3.05, 3.63) is 54.3 Å². The summed E-state index contributed by atoms with van der Waals surface area (Å²) in [6.07, 6.45) is -0.739. The number of carbonyl (C=O) groups excluding carboxylic acids is 1. The predicted molar refractivity (Wildman–Crippen MR) is 156 cm³/mol. The molecule has 0 spiro atoms. The second-order valence-corrected chi connectivity index (χ2v) is 12.9. The quantitative estimate of drug-likeness (QED) is 0.289. The molecule has 3 fully saturated rings. The summed E-state index contributed by atoms with van der Waals surface area (Å²) in [5, 5.41) is 30.8. The molecule has 2 saturated carbocycles. The van der Waals surface area contributed by atoms with Crippen molar-refractivity contribution in [1.82, 2.24) is 10.3 Å². The highest BCUT2D eigenvalue weighted by atomic mass is 32.2. The normalized spacial score (nSPS) is 22.6. The van der Waals surface area contributed by atoms with Crippen molar-refractivity contribution in [1.29, 1.82) is 5.26 Å². The van der Waals surface area contributed by atoms with Crippen molar-refractivity contribution >= 4 is 23.4 Å². The van der Waals surface area contributed by atoms with Crippen molar-refractivity contribution in [2.24, 2.45) is 5.92 Å². The molecule has 13 heteroatoms. The standard InChI is InChI=1S/C31H31F3N4O5S/c32-31(33,34)43-22-5-3-4-20(16-22)28-36-25(19-8-10-21(11-9-19)38-14-15-44-30(40,41)18-38)26(42-28)23-6-1-2-7-24(23)27(39)37-29(17-35)12-13-29/h3-5,8-11,16,23-24,40-41H,1-2,6-7,12-15,18H2,(H,37,39). The Hall–Kier alpha value is -3.73. The molecule has 3 aliphatic rings. The third kappa shape index (κ3) is 6.67. The number of amides is 1. The summed E-state index contributed by atoms with van der Waals surface area (Å²) in [5.74, 6) is -0.380. The molecule has 3 aromatic rings. The highest BCUT2D eigenvalue weighted by molar-refractivity contribution is 8.00. The van der Waals surface area contributed by atoms with E-state index in [9.17, 15) is 33.4 Å². The largest absolute Gasteiger partial charge is 0.573 e. The number of ether oxygens (including phenoxy) is 1. The lowest BCUT2D eigenvalue weighted by atomic mass is 9.76. The molecule has 1 amide bonds. The summed E-state index contributed by atoms with van der Waals surface area (Å²) in [4.78, 5) is 20.1. The Morgan fingerprint density at radius 2 is 1.89 bits per heavy atom. The van der Waals surface area contributed by atoms with Crippen LogP contribution in [0.3, 0.4) is 0 Å². The van der Waals surface area contributed by atoms with Gasteiger partial charge < -0.3 is 29.6 Å². The first-order valence-electron chi connectivity index (χ1n) is 14.5. The maximum absolute atomic E-state index is 13.5. The number of aliphatic hydroxyl groups is 2. The van der Waals surface area contributed by atoms with Gasteiger partial charge in [-0.2, -0.15) is 5.26 Å². The van der Waals surface area contributed by atoms with Gasteiger partial charge in [-0.25, -0.2) is 4.98 Å². The van der Waals surface area contributed by atoms with Crippen LogP contribution in [0.2, 0.25) is 0 Å². The van der Waals surface area contributed by atoms with Gasteiger partial charge in [-0.3, -0.25) is 4.79 Å². The minimum Gasteiger partial charge on any atom is -0.440 e. The first-order chi connectivity index (χ1) is 20.9. The third-order valence-corrected chi connectivity index (χ3v) is 9.31. The topological polar surface area (TPSA) is 132 Å². The molecule has 3 N–H and O–H groups in total. The van der Waals surface area contributed by atoms with E-state index in [2.05, 4.69) is 16.1 Å². The number of alkyl halides is 3. The van der Waals surface area contributed by atoms with E-state index in [-0.39, 0.29) is 29.8 Å². The molecule has 9 nitrogen and oxygen atoms in total. The molecular weight excluding hydrogens is 597 g/mol. The number of halogens is 3. The van der Waals surface area contributed by atoms with Crippen LogP contribution in [0.4, 0.5) is 18.9 Å². The molecule has 1 saturated heterocycles. The van der Waals surface area contributed by atoms with Crippen molar-refractivity contribution < 1.29 is 37.3 Å². The molecule has 44 heavy (non-hydrogen) atoms. The SMILES string of the molecule is N#CC1(NC(=O)C2CCCCC2c2oc(-c3cccc(OC(F)(F)F)c3)nc2-c2ccc(N3CCSC(O)(O)C3)cc2)CC1. The monoisotopic (exact) mass is 628 g/mol. The summed E-state index contributed by atoms with van der Waals surface area (Å²) >= 11 is 1.08. The van der Waals surface area contributed by atoms with Gasteiger partial charge in [0.25, 0.3) is 0 Å². The minimum absolute atomic E-state index is 0.0375. The zero-order chi connectivity index (χ0) is 31.1. The van der Waals surface area contributed by atoms with E-state index < -0.39 is 28.7 Å². The molecule has 2 heterocycles. The fourth-order valence-corrected chi connectivity index (χ4v) is 6.85. The number of thioether (sulfide) groups is 1. The van der Waals surface area contributed by atoms with Gasteiger partial charge in [0.2, 0.25) is 16.9 Å². The second-order valence-electron chi connectivity index (χ2n) is 11.5. The van der Waals surface area contributed by atoms with E-state index in [1.54, 1.807) is 6.07 Å². The van der Waals surface area contributed by atoms with E-state index in [4.69, 9.17) is 9.40 Å². The van der Waals surface area contributed by atoms with Crippen molar-refractivity contribution in [3.63, 3.8) is 0 Å². The van der Waals surface area contributed by atoms with E-state index in [0.717, 1.165) is 30.3 Å². The fourth-order valence-electron chi connectivity index (χ4n) is 5.96. The molecule has 2 aliphatic carbocycles. The number of aromatic nitrogens is 1. The number of nitrogens with zero attached hydrogens (tertiary/aromatic N) is 3. The van der Waals surface area contributed by atoms with Crippen molar-refractivity contribution in [3.8, 4) is 34.5 Å². The van der Waals surface area contributed by atoms with Gasteiger partial charge in [0.05, 0.1) is 12.6 Å². The number of nitrogens with one attached hydrogen (secondary N) is 1. The summed E-state index contributed by atoms with van der Waals surface area (Å²) in [6.45, 7) is 0.668. The van der Waals surface area contributed by atoms with E-state index in [0.29, 0.717) is 55.0 Å². The van der Waals surface area contributed by atoms with Crippen LogP contribution >= 0.6 is 11.8 Å². The molecular formula is C31H31F3N4O5S. The zero-order valence-corrected chi connectivity index (χ0v) is 24.5. The average molecular weight is 629 g/mol. The first kappa shape index (κ1) is 30.3. The van der Waals surface area contributed by atoms with Crippen LogP contribution in [0.1, 0.15) is 50.2 Å². The highest BCUT2D eigenvalue weighted by Crippen LogP contribution is 2.45. The van der Waals surface area contributed by atoms with Crippen LogP contribution in [0.25, 0.3) is 22.7 Å². The Morgan fingerprint density at radius 1 is 1.14 bits per heavy atom. The van der Waals surface area contributed by atoms with Gasteiger partial charge in [-0.05, 0) is 56.0 Å². The van der Waals surface area contributed by atoms with Gasteiger partial charge in [0.1, 0.15) is 22.7 Å². The van der Waals surface area contributed by atoms with Crippen molar-refractivity contribution in [2.75, 3.05) is 23.7 Å². The molecule has 6 rings (SSSR count). The molecule has 2 unspecified atom stereocenters. The number of hydrogen-bond acceptors (Lipinski definition) is 9. The maximum Gasteiger partial charge on any atom is 0.573 e. The van der Waals surface area contributed by atoms with Gasteiger partial charge in [0, 0.05) is 40.9 Å². The Labute approximate surface area is 256 Å². The molecule has 1 aromatic heterocycles. The Morgan fingerprint density at radius 3 is 2.57 bits per heavy atom. The minimum atomic E-state index is -4.86. The number of oxazole rings is 1. The van der Waals surface area contributed by atoms with Crippen LogP contribution in [0.5, 0.6) is 5.75 Å². The Bertz CT molecular complexity index is 1570. The predicted octanol–water partition coefficient (Wildman–Crippen LogP) is 5.54. The smallest absolute Gasteiger partial charge is 0.440 e. The van der Waals surface area contributed by atoms with Gasteiger partial charge in [-0.1, -0.05) is 42.8 Å². The Balaban J connectivity index is 1.37. The average Bonchev–Trinajstić information content (AvgIpc) is 3.62. The number of carbonyl (C=O) groups is 1. The van der Waals surface area contributed by atoms with Crippen LogP contribution < -0.4 is 15.0 Å². The van der Waals surface area contributed by atoms with E-state index in [1.807, 2.05) is 29.2 Å². The summed E-state index contributed by atoms with van der Waals surface area (Å²) < 4.78 is 49.2. The lowest BCUT2D eigenvalue weighted by Gasteiger charge is -2.36. The number of anilines is 1. The van der Waals surface area contributed by atoms with E-state index >= 15 is 0 Å². The molecule has 2 atom stereocenters. The van der Waals surface area contributed by atoms with Crippen molar-refractivity contribution in [2.45, 2.75) is 61.5 Å². The van der Waals surface area contributed by atoms with Crippen LogP contribution in [-0.2, 0) is 4.79 Å². The summed E-state index contributed by atoms with van der Waals surface area (Å²) in [5.41, 5.74) is 1.38. The number of nitriles is 1. The lowest BCUT2D eigenvalue weighted by molar-refractivity contribution is -0.274. The fraction of sp³-hybridized carbons (Fsp3) is 0.452. The van der Waals surface area contributed by atoms with Crippen LogP contribution in [0.15, 0.2) is 52.9 Å². The molecule has 0 radical (unpaired) electrons. The van der Waals surface area contributed by atoms with Crippen LogP contribution in [0, 0.1) is 17.2 Å². The number of β-amino-alcohol motifs (C(OH)–C–C–N with tert-alkyl or cyclic N) is 2. The summed E-state index contributed by atoms with van der Waals surface area (Å²) in [7, 11) is 0. The number of benzene rings is 2.